The summed E-state index contributed by atoms with van der Waals surface area (Å²) in [6.07, 6.45) is 23.4. The molecule has 0 atom stereocenters. The SMILES string of the molecule is C=C/C=C\C(=C/C)N(C(/C=C\C=C)=C/C)C(/C=C\C=C)=C/C.CC.CC.CC. The van der Waals surface area contributed by atoms with E-state index in [0.29, 0.717) is 0 Å². The van der Waals surface area contributed by atoms with Crippen molar-refractivity contribution >= 4 is 0 Å². The molecule has 0 bridgehead atoms. The third kappa shape index (κ3) is 15.7. The Balaban J connectivity index is -0.000000434. The average molecular weight is 384 g/mol. The fourth-order valence-corrected chi connectivity index (χ4v) is 1.85. The lowest BCUT2D eigenvalue weighted by molar-refractivity contribution is 0.574. The molecule has 0 amide bonds. The first-order valence-electron chi connectivity index (χ1n) is 10.4. The van der Waals surface area contributed by atoms with Gasteiger partial charge in [0.25, 0.3) is 0 Å². The second-order valence-electron chi connectivity index (χ2n) is 4.26. The van der Waals surface area contributed by atoms with E-state index in [-0.39, 0.29) is 0 Å². The second-order valence-corrected chi connectivity index (χ2v) is 4.26. The summed E-state index contributed by atoms with van der Waals surface area (Å²) in [5, 5.41) is 0. The third-order valence-electron chi connectivity index (χ3n) is 2.87. The smallest absolute Gasteiger partial charge is 0.0418 e. The lowest BCUT2D eigenvalue weighted by Crippen LogP contribution is -2.19. The van der Waals surface area contributed by atoms with Crippen molar-refractivity contribution < 1.29 is 0 Å². The topological polar surface area (TPSA) is 3.24 Å². The minimum absolute atomic E-state index is 1.06. The maximum absolute atomic E-state index is 3.74. The van der Waals surface area contributed by atoms with E-state index in [9.17, 15) is 0 Å². The highest BCUT2D eigenvalue weighted by atomic mass is 15.2. The molecule has 0 aromatic rings. The molecule has 1 nitrogen and oxygen atoms in total. The molecule has 0 spiro atoms. The average Bonchev–Trinajstić information content (AvgIpc) is 2.78. The van der Waals surface area contributed by atoms with Gasteiger partial charge in [-0.1, -0.05) is 116 Å². The molecule has 0 saturated heterocycles. The summed E-state index contributed by atoms with van der Waals surface area (Å²) >= 11 is 0. The molecule has 158 valence electrons. The summed E-state index contributed by atoms with van der Waals surface area (Å²) in [7, 11) is 0. The van der Waals surface area contributed by atoms with Crippen LogP contribution >= 0.6 is 0 Å². The van der Waals surface area contributed by atoms with Crippen LogP contribution in [0, 0.1) is 0 Å². The van der Waals surface area contributed by atoms with E-state index < -0.39 is 0 Å². The first kappa shape index (κ1) is 33.1. The highest BCUT2D eigenvalue weighted by Gasteiger charge is 2.12. The normalized spacial score (nSPS) is 11.7. The Labute approximate surface area is 177 Å². The lowest BCUT2D eigenvalue weighted by atomic mass is 10.2. The predicted octanol–water partition coefficient (Wildman–Crippen LogP) is 9.30. The molecule has 0 saturated carbocycles. The fraction of sp³-hybridized carbons (Fsp3) is 0.333. The molecule has 0 rings (SSSR count). The number of hydrogen-bond acceptors (Lipinski definition) is 1. The molecule has 0 aromatic carbocycles. The van der Waals surface area contributed by atoms with E-state index in [1.165, 1.54) is 0 Å². The van der Waals surface area contributed by atoms with Gasteiger partial charge in [-0.25, -0.2) is 0 Å². The van der Waals surface area contributed by atoms with Crippen molar-refractivity contribution in [1.29, 1.82) is 0 Å². The lowest BCUT2D eigenvalue weighted by Gasteiger charge is -2.28. The van der Waals surface area contributed by atoms with Crippen molar-refractivity contribution in [3.63, 3.8) is 0 Å². The van der Waals surface area contributed by atoms with Crippen LogP contribution in [0.4, 0.5) is 0 Å². The first-order valence-corrected chi connectivity index (χ1v) is 10.4. The van der Waals surface area contributed by atoms with Crippen LogP contribution < -0.4 is 0 Å². The van der Waals surface area contributed by atoms with Crippen molar-refractivity contribution in [3.8, 4) is 0 Å². The Morgan fingerprint density at radius 1 is 0.500 bits per heavy atom. The van der Waals surface area contributed by atoms with E-state index in [1.54, 1.807) is 18.2 Å². The summed E-state index contributed by atoms with van der Waals surface area (Å²) in [6, 6.07) is 0. The minimum atomic E-state index is 1.06. The van der Waals surface area contributed by atoms with Gasteiger partial charge < -0.3 is 4.90 Å². The van der Waals surface area contributed by atoms with Gasteiger partial charge in [-0.15, -0.1) is 0 Å². The van der Waals surface area contributed by atoms with Crippen LogP contribution in [-0.4, -0.2) is 4.90 Å². The van der Waals surface area contributed by atoms with Gasteiger partial charge in [0.05, 0.1) is 0 Å². The molecular formula is C27H45N. The van der Waals surface area contributed by atoms with Crippen molar-refractivity contribution in [2.75, 3.05) is 0 Å². The van der Waals surface area contributed by atoms with E-state index in [4.69, 9.17) is 0 Å². The van der Waals surface area contributed by atoms with Crippen molar-refractivity contribution in [2.24, 2.45) is 0 Å². The molecule has 0 N–H and O–H groups in total. The molecule has 0 aromatic heterocycles. The van der Waals surface area contributed by atoms with Crippen LogP contribution in [0.1, 0.15) is 62.3 Å². The van der Waals surface area contributed by atoms with Crippen molar-refractivity contribution in [3.05, 3.63) is 110 Å². The van der Waals surface area contributed by atoms with E-state index >= 15 is 0 Å². The van der Waals surface area contributed by atoms with E-state index in [1.807, 2.05) is 98.8 Å². The maximum Gasteiger partial charge on any atom is 0.0418 e. The van der Waals surface area contributed by atoms with Crippen molar-refractivity contribution in [1.82, 2.24) is 4.90 Å². The van der Waals surface area contributed by atoms with Crippen LogP contribution in [0.15, 0.2) is 110 Å². The second kappa shape index (κ2) is 29.2. The third-order valence-corrected chi connectivity index (χ3v) is 2.87. The summed E-state index contributed by atoms with van der Waals surface area (Å²) in [5.41, 5.74) is 3.18. The molecule has 0 heterocycles. The maximum atomic E-state index is 3.74. The number of nitrogens with zero attached hydrogens (tertiary/aromatic N) is 1. The van der Waals surface area contributed by atoms with Crippen LogP contribution in [0.2, 0.25) is 0 Å². The predicted molar refractivity (Wildman–Crippen MR) is 135 cm³/mol. The van der Waals surface area contributed by atoms with E-state index in [0.717, 1.165) is 17.1 Å². The Morgan fingerprint density at radius 3 is 0.857 bits per heavy atom. The molecule has 0 aliphatic rings. The standard InChI is InChI=1S/C21H27N.3C2H6/c1-7-13-16-19(10-4)22(20(11-5)17-14-8-2)21(12-6)18-15-9-3;3*1-2/h7-18H,1-3H2,4-6H3;3*1-2H3/b16-13-,17-14-,18-15-,19-10+,20-11+,21-12+;;;. The van der Waals surface area contributed by atoms with Crippen LogP contribution in [0.25, 0.3) is 0 Å². The van der Waals surface area contributed by atoms with Gasteiger partial charge in [0.1, 0.15) is 0 Å². The Bertz CT molecular complexity index is 468. The summed E-state index contributed by atoms with van der Waals surface area (Å²) in [4.78, 5) is 2.17. The first-order chi connectivity index (χ1) is 13.7. The molecule has 0 unspecified atom stereocenters. The van der Waals surface area contributed by atoms with Gasteiger partial charge >= 0.3 is 0 Å². The van der Waals surface area contributed by atoms with Gasteiger partial charge in [-0.05, 0) is 39.0 Å². The molecule has 0 aliphatic heterocycles. The van der Waals surface area contributed by atoms with Gasteiger partial charge in [-0.3, -0.25) is 0 Å². The van der Waals surface area contributed by atoms with Gasteiger partial charge in [0, 0.05) is 17.1 Å². The molecular weight excluding hydrogens is 338 g/mol. The quantitative estimate of drug-likeness (QED) is 0.358. The Hall–Kier alpha value is -2.54. The van der Waals surface area contributed by atoms with E-state index in [2.05, 4.69) is 42.9 Å². The molecule has 0 radical (unpaired) electrons. The highest BCUT2D eigenvalue weighted by molar-refractivity contribution is 5.39. The zero-order valence-corrected chi connectivity index (χ0v) is 20.0. The zero-order chi connectivity index (χ0) is 22.8. The van der Waals surface area contributed by atoms with Crippen LogP contribution in [0.3, 0.4) is 0 Å². The van der Waals surface area contributed by atoms with Crippen LogP contribution in [-0.2, 0) is 0 Å². The Morgan fingerprint density at radius 2 is 0.714 bits per heavy atom. The number of allylic oxidation sites excluding steroid dienone is 12. The largest absolute Gasteiger partial charge is 0.312 e. The minimum Gasteiger partial charge on any atom is -0.312 e. The summed E-state index contributed by atoms with van der Waals surface area (Å²) < 4.78 is 0. The summed E-state index contributed by atoms with van der Waals surface area (Å²) in [5.74, 6) is 0. The molecule has 28 heavy (non-hydrogen) atoms. The molecule has 1 heteroatoms. The zero-order valence-electron chi connectivity index (χ0n) is 20.0. The van der Waals surface area contributed by atoms with Crippen LogP contribution in [0.5, 0.6) is 0 Å². The monoisotopic (exact) mass is 383 g/mol. The van der Waals surface area contributed by atoms with Crippen molar-refractivity contribution in [2.45, 2.75) is 62.3 Å². The Kier molecular flexibility index (Phi) is 34.5. The summed E-state index contributed by atoms with van der Waals surface area (Å²) in [6.45, 7) is 29.3. The molecule has 0 fully saturated rings. The fourth-order valence-electron chi connectivity index (χ4n) is 1.85. The number of hydrogen-bond donors (Lipinski definition) is 0. The highest BCUT2D eigenvalue weighted by Crippen LogP contribution is 2.23. The number of rotatable bonds is 9. The van der Waals surface area contributed by atoms with Gasteiger partial charge in [-0.2, -0.15) is 0 Å². The van der Waals surface area contributed by atoms with Gasteiger partial charge in [0.2, 0.25) is 0 Å². The van der Waals surface area contributed by atoms with Gasteiger partial charge in [0.15, 0.2) is 0 Å². The molecule has 0 aliphatic carbocycles.